The van der Waals surface area contributed by atoms with Crippen molar-refractivity contribution in [1.82, 2.24) is 0 Å². The molecule has 2 fully saturated rings. The van der Waals surface area contributed by atoms with Crippen LogP contribution in [-0.4, -0.2) is 16.5 Å². The van der Waals surface area contributed by atoms with Gasteiger partial charge in [0.1, 0.15) is 5.60 Å². The van der Waals surface area contributed by atoms with Crippen LogP contribution in [0.1, 0.15) is 39.0 Å². The fourth-order valence-electron chi connectivity index (χ4n) is 5.91. The Balaban J connectivity index is 1.73. The van der Waals surface area contributed by atoms with Gasteiger partial charge in [-0.3, -0.25) is 4.79 Å². The summed E-state index contributed by atoms with van der Waals surface area (Å²) in [6.07, 6.45) is 16.0. The zero-order valence-electron chi connectivity index (χ0n) is 13.7. The van der Waals surface area contributed by atoms with Crippen LogP contribution in [0, 0.1) is 41.4 Å². The summed E-state index contributed by atoms with van der Waals surface area (Å²) in [5, 5.41) is 10.9. The molecule has 4 aliphatic carbocycles. The molecule has 2 heteroatoms. The van der Waals surface area contributed by atoms with E-state index >= 15 is 0 Å². The minimum atomic E-state index is -1.16. The molecule has 0 aromatic rings. The first kappa shape index (κ1) is 15.0. The molecule has 2 nitrogen and oxygen atoms in total. The zero-order valence-corrected chi connectivity index (χ0v) is 13.7. The number of aliphatic hydroxyl groups is 1. The van der Waals surface area contributed by atoms with Crippen LogP contribution < -0.4 is 0 Å². The van der Waals surface area contributed by atoms with E-state index in [9.17, 15) is 9.90 Å². The van der Waals surface area contributed by atoms with Crippen molar-refractivity contribution in [1.29, 1.82) is 0 Å². The summed E-state index contributed by atoms with van der Waals surface area (Å²) >= 11 is 0. The summed E-state index contributed by atoms with van der Waals surface area (Å²) in [5.74, 6) is 4.60. The minimum absolute atomic E-state index is 0.281. The highest BCUT2D eigenvalue weighted by molar-refractivity contribution is 5.91. The summed E-state index contributed by atoms with van der Waals surface area (Å²) in [6, 6.07) is 0. The summed E-state index contributed by atoms with van der Waals surface area (Å²) < 4.78 is 0. The van der Waals surface area contributed by atoms with E-state index < -0.39 is 5.60 Å². The second-order valence-corrected chi connectivity index (χ2v) is 8.11. The molecule has 4 aliphatic rings. The molecule has 0 heterocycles. The van der Waals surface area contributed by atoms with Gasteiger partial charge in [-0.15, -0.1) is 6.42 Å². The van der Waals surface area contributed by atoms with Gasteiger partial charge in [-0.2, -0.15) is 0 Å². The van der Waals surface area contributed by atoms with Crippen LogP contribution in [0.2, 0.25) is 0 Å². The van der Waals surface area contributed by atoms with Crippen molar-refractivity contribution >= 4 is 5.78 Å². The zero-order chi connectivity index (χ0) is 16.4. The quantitative estimate of drug-likeness (QED) is 0.550. The molecule has 2 saturated carbocycles. The largest absolute Gasteiger partial charge is 0.373 e. The van der Waals surface area contributed by atoms with Gasteiger partial charge in [0.25, 0.3) is 0 Å². The van der Waals surface area contributed by atoms with E-state index in [1.807, 2.05) is 12.2 Å². The average Bonchev–Trinajstić information content (AvgIpc) is 2.78. The van der Waals surface area contributed by atoms with Gasteiger partial charge in [0.15, 0.2) is 5.78 Å². The summed E-state index contributed by atoms with van der Waals surface area (Å²) in [7, 11) is 0. The molecule has 0 radical (unpaired) electrons. The number of hydrogen-bond acceptors (Lipinski definition) is 2. The van der Waals surface area contributed by atoms with Gasteiger partial charge >= 0.3 is 0 Å². The maximum atomic E-state index is 11.8. The van der Waals surface area contributed by atoms with Gasteiger partial charge in [-0.05, 0) is 61.5 Å². The maximum absolute atomic E-state index is 11.8. The molecule has 0 aromatic heterocycles. The van der Waals surface area contributed by atoms with E-state index in [4.69, 9.17) is 6.42 Å². The minimum Gasteiger partial charge on any atom is -0.373 e. The van der Waals surface area contributed by atoms with Crippen molar-refractivity contribution in [2.45, 2.75) is 44.6 Å². The highest BCUT2D eigenvalue weighted by Crippen LogP contribution is 2.63. The average molecular weight is 308 g/mol. The smallest absolute Gasteiger partial charge is 0.155 e. The van der Waals surface area contributed by atoms with Crippen molar-refractivity contribution in [2.75, 3.05) is 0 Å². The molecule has 0 aromatic carbocycles. The van der Waals surface area contributed by atoms with Crippen LogP contribution in [0.25, 0.3) is 0 Å². The Morgan fingerprint density at radius 3 is 2.91 bits per heavy atom. The Kier molecular flexibility index (Phi) is 3.06. The molecule has 23 heavy (non-hydrogen) atoms. The lowest BCUT2D eigenvalue weighted by atomic mass is 9.49. The molecule has 0 aliphatic heterocycles. The highest BCUT2D eigenvalue weighted by atomic mass is 16.3. The number of carbonyl (C=O) groups is 1. The molecule has 0 bridgehead atoms. The number of terminal acetylenes is 1. The van der Waals surface area contributed by atoms with Crippen LogP contribution in [0.5, 0.6) is 0 Å². The van der Waals surface area contributed by atoms with Gasteiger partial charge in [0, 0.05) is 11.8 Å². The summed E-state index contributed by atoms with van der Waals surface area (Å²) in [6.45, 7) is 6.51. The van der Waals surface area contributed by atoms with Crippen molar-refractivity contribution in [2.24, 2.45) is 29.1 Å². The van der Waals surface area contributed by atoms with Gasteiger partial charge in [0.2, 0.25) is 0 Å². The molecular weight excluding hydrogens is 284 g/mol. The lowest BCUT2D eigenvalue weighted by Crippen LogP contribution is -2.53. The third-order valence-corrected chi connectivity index (χ3v) is 7.08. The Morgan fingerprint density at radius 2 is 2.17 bits per heavy atom. The molecule has 0 amide bonds. The molecule has 6 atom stereocenters. The van der Waals surface area contributed by atoms with E-state index in [0.717, 1.165) is 25.7 Å². The van der Waals surface area contributed by atoms with Gasteiger partial charge in [-0.25, -0.2) is 0 Å². The van der Waals surface area contributed by atoms with E-state index in [1.165, 1.54) is 11.1 Å². The highest BCUT2D eigenvalue weighted by Gasteiger charge is 2.60. The maximum Gasteiger partial charge on any atom is 0.155 e. The van der Waals surface area contributed by atoms with Crippen LogP contribution in [0.15, 0.2) is 36.0 Å². The molecule has 120 valence electrons. The Morgan fingerprint density at radius 1 is 1.39 bits per heavy atom. The third-order valence-electron chi connectivity index (χ3n) is 7.08. The first-order valence-electron chi connectivity index (χ1n) is 8.70. The first-order chi connectivity index (χ1) is 10.9. The van der Waals surface area contributed by atoms with Crippen molar-refractivity contribution in [3.63, 3.8) is 0 Å². The molecule has 4 rings (SSSR count). The van der Waals surface area contributed by atoms with Crippen LogP contribution in [-0.2, 0) is 4.79 Å². The third kappa shape index (κ3) is 1.83. The van der Waals surface area contributed by atoms with Crippen LogP contribution in [0.4, 0.5) is 0 Å². The lowest BCUT2D eigenvalue weighted by molar-refractivity contribution is -0.115. The number of rotatable bonds is 0. The summed E-state index contributed by atoms with van der Waals surface area (Å²) in [5.41, 5.74) is 1.05. The number of carbonyl (C=O) groups excluding carboxylic acids is 1. The Hall–Kier alpha value is -1.59. The predicted molar refractivity (Wildman–Crippen MR) is 90.3 cm³/mol. The van der Waals surface area contributed by atoms with Gasteiger partial charge < -0.3 is 5.11 Å². The fourth-order valence-corrected chi connectivity index (χ4v) is 5.91. The molecule has 0 saturated heterocycles. The lowest BCUT2D eigenvalue weighted by Gasteiger charge is -2.55. The van der Waals surface area contributed by atoms with E-state index in [-0.39, 0.29) is 11.2 Å². The SMILES string of the molecule is C#C[C@]1(O)C=C[C@@H]2[C@@H]3CCC4=CC(=O)CC[C@@H]4[C@H]3C(=C)C[C@@]21C. The molecule has 0 spiro atoms. The molecular formula is C21H24O2. The number of allylic oxidation sites excluding steroid dienone is 4. The number of hydrogen-bond donors (Lipinski definition) is 1. The van der Waals surface area contributed by atoms with E-state index in [0.29, 0.717) is 30.1 Å². The molecule has 1 N–H and O–H groups in total. The van der Waals surface area contributed by atoms with Gasteiger partial charge in [0.05, 0.1) is 0 Å². The van der Waals surface area contributed by atoms with E-state index in [1.54, 1.807) is 0 Å². The Labute approximate surface area is 138 Å². The van der Waals surface area contributed by atoms with Crippen LogP contribution >= 0.6 is 0 Å². The summed E-state index contributed by atoms with van der Waals surface area (Å²) in [4.78, 5) is 11.8. The number of fused-ring (bicyclic) bond motifs is 5. The van der Waals surface area contributed by atoms with Crippen molar-refractivity contribution in [3.8, 4) is 12.3 Å². The van der Waals surface area contributed by atoms with Crippen molar-refractivity contribution < 1.29 is 9.90 Å². The Bertz CT molecular complexity index is 691. The second-order valence-electron chi connectivity index (χ2n) is 8.11. The predicted octanol–water partition coefficient (Wildman–Crippen LogP) is 3.43. The second kappa shape index (κ2) is 4.71. The first-order valence-corrected chi connectivity index (χ1v) is 8.70. The monoisotopic (exact) mass is 308 g/mol. The topological polar surface area (TPSA) is 37.3 Å². The normalized spacial score (nSPS) is 48.1. The number of ketones is 1. The fraction of sp³-hybridized carbons (Fsp3) is 0.571. The van der Waals surface area contributed by atoms with Gasteiger partial charge in [-0.1, -0.05) is 36.6 Å². The molecule has 0 unspecified atom stereocenters. The standard InChI is InChI=1S/C21H24O2/c1-4-21(23)10-9-18-17-7-5-14-11-15(22)6-8-16(14)19(17)13(2)12-20(18,21)3/h1,9-11,16-19,23H,2,5-8,12H2,3H3/t16-,17-,18+,19+,20-,21-/m0/s1. The van der Waals surface area contributed by atoms with Crippen LogP contribution in [0.3, 0.4) is 0 Å². The van der Waals surface area contributed by atoms with Crippen molar-refractivity contribution in [3.05, 3.63) is 36.0 Å². The van der Waals surface area contributed by atoms with E-state index in [2.05, 4.69) is 25.5 Å².